The Bertz CT molecular complexity index is 1100. The molecule has 5 rings (SSSR count). The molecule has 2 aliphatic rings. The van der Waals surface area contributed by atoms with Gasteiger partial charge in [-0.2, -0.15) is 9.97 Å². The van der Waals surface area contributed by atoms with Gasteiger partial charge >= 0.3 is 0 Å². The number of fused-ring (bicyclic) bond motifs is 1. The zero-order chi connectivity index (χ0) is 21.2. The number of pyridine rings is 1. The number of hydrogen-bond donors (Lipinski definition) is 0. The van der Waals surface area contributed by atoms with E-state index in [9.17, 15) is 4.79 Å². The van der Waals surface area contributed by atoms with Gasteiger partial charge in [0.15, 0.2) is 5.82 Å². The summed E-state index contributed by atoms with van der Waals surface area (Å²) in [7, 11) is 0. The zero-order valence-electron chi connectivity index (χ0n) is 17.3. The zero-order valence-corrected chi connectivity index (χ0v) is 17.3. The molecule has 4 heterocycles. The molecule has 0 spiro atoms. The fourth-order valence-corrected chi connectivity index (χ4v) is 3.82. The maximum atomic E-state index is 13.0. The highest BCUT2D eigenvalue weighted by Gasteiger charge is 2.35. The topological polar surface area (TPSA) is 80.7 Å². The van der Waals surface area contributed by atoms with E-state index in [0.29, 0.717) is 56.1 Å². The number of ether oxygens (including phenoxy) is 2. The summed E-state index contributed by atoms with van der Waals surface area (Å²) in [5.41, 5.74) is 3.53. The van der Waals surface area contributed by atoms with Gasteiger partial charge in [0.05, 0.1) is 30.9 Å². The van der Waals surface area contributed by atoms with Gasteiger partial charge < -0.3 is 14.4 Å². The molecule has 1 amide bonds. The predicted molar refractivity (Wildman–Crippen MR) is 116 cm³/mol. The Hall–Kier alpha value is -3.52. The first-order valence-electron chi connectivity index (χ1n) is 10.3. The molecule has 2 aliphatic heterocycles. The van der Waals surface area contributed by atoms with Gasteiger partial charge in [-0.1, -0.05) is 18.2 Å². The van der Waals surface area contributed by atoms with E-state index < -0.39 is 0 Å². The van der Waals surface area contributed by atoms with Crippen molar-refractivity contribution in [3.8, 4) is 5.88 Å². The van der Waals surface area contributed by atoms with Gasteiger partial charge in [-0.05, 0) is 30.7 Å². The van der Waals surface area contributed by atoms with Gasteiger partial charge in [0.1, 0.15) is 6.61 Å². The van der Waals surface area contributed by atoms with Crippen molar-refractivity contribution in [1.29, 1.82) is 0 Å². The molecule has 0 bridgehead atoms. The van der Waals surface area contributed by atoms with E-state index in [2.05, 4.69) is 9.88 Å². The summed E-state index contributed by atoms with van der Waals surface area (Å²) >= 11 is 0. The lowest BCUT2D eigenvalue weighted by Gasteiger charge is -2.28. The van der Waals surface area contributed by atoms with Crippen molar-refractivity contribution in [2.75, 3.05) is 36.1 Å². The van der Waals surface area contributed by atoms with Gasteiger partial charge in [0.25, 0.3) is 0 Å². The van der Waals surface area contributed by atoms with Crippen molar-refractivity contribution in [2.45, 2.75) is 20.0 Å². The third-order valence-electron chi connectivity index (χ3n) is 5.38. The Labute approximate surface area is 180 Å². The van der Waals surface area contributed by atoms with Crippen LogP contribution in [0.1, 0.15) is 16.7 Å². The number of aryl methyl sites for hydroxylation is 1. The lowest BCUT2D eigenvalue weighted by molar-refractivity contribution is -0.116. The van der Waals surface area contributed by atoms with Gasteiger partial charge in [0, 0.05) is 31.0 Å². The largest absolute Gasteiger partial charge is 0.472 e. The van der Waals surface area contributed by atoms with Crippen LogP contribution in [-0.4, -0.2) is 47.2 Å². The first-order chi connectivity index (χ1) is 15.2. The molecule has 0 atom stereocenters. The van der Waals surface area contributed by atoms with Gasteiger partial charge in [-0.25, -0.2) is 0 Å². The van der Waals surface area contributed by atoms with Gasteiger partial charge in [-0.3, -0.25) is 14.7 Å². The second-order valence-corrected chi connectivity index (χ2v) is 7.63. The van der Waals surface area contributed by atoms with Crippen LogP contribution in [0.5, 0.6) is 5.88 Å². The molecule has 0 unspecified atom stereocenters. The molecular weight excluding hydrogens is 394 g/mol. The first kappa shape index (κ1) is 19.4. The number of anilines is 3. The summed E-state index contributed by atoms with van der Waals surface area (Å²) in [5, 5.41) is 0. The number of morpholine rings is 1. The van der Waals surface area contributed by atoms with Crippen LogP contribution in [0.15, 0.2) is 48.8 Å². The fraction of sp³-hybridized carbons (Fsp3) is 0.304. The van der Waals surface area contributed by atoms with Crippen molar-refractivity contribution in [3.05, 3.63) is 65.5 Å². The smallest absolute Gasteiger partial charge is 0.237 e. The van der Waals surface area contributed by atoms with Crippen LogP contribution in [0.2, 0.25) is 0 Å². The minimum atomic E-state index is -0.0414. The monoisotopic (exact) mass is 417 g/mol. The summed E-state index contributed by atoms with van der Waals surface area (Å²) in [6.07, 6.45) is 3.68. The molecule has 0 aliphatic carbocycles. The number of rotatable bonds is 5. The lowest BCUT2D eigenvalue weighted by atomic mass is 10.2. The van der Waals surface area contributed by atoms with Crippen LogP contribution in [-0.2, 0) is 22.6 Å². The lowest BCUT2D eigenvalue weighted by Crippen LogP contribution is -2.37. The SMILES string of the molecule is Cc1cccc(N2C(=O)Cc3c(OCc4cccnc4)nc(N4CCOCC4)nc32)c1. The summed E-state index contributed by atoms with van der Waals surface area (Å²) in [4.78, 5) is 30.4. The molecule has 0 N–H and O–H groups in total. The second-order valence-electron chi connectivity index (χ2n) is 7.63. The van der Waals surface area contributed by atoms with Gasteiger partial charge in [-0.15, -0.1) is 0 Å². The maximum absolute atomic E-state index is 13.0. The summed E-state index contributed by atoms with van der Waals surface area (Å²) < 4.78 is 11.6. The molecular formula is C23H23N5O3. The molecule has 1 fully saturated rings. The molecule has 2 aromatic heterocycles. The van der Waals surface area contributed by atoms with Crippen LogP contribution < -0.4 is 14.5 Å². The molecule has 3 aromatic rings. The molecule has 8 heteroatoms. The minimum Gasteiger partial charge on any atom is -0.472 e. The average Bonchev–Trinajstić information content (AvgIpc) is 3.14. The summed E-state index contributed by atoms with van der Waals surface area (Å²) in [5.74, 6) is 1.54. The number of carbonyl (C=O) groups excluding carboxylic acids is 1. The number of carbonyl (C=O) groups is 1. The van der Waals surface area contributed by atoms with Crippen molar-refractivity contribution in [1.82, 2.24) is 15.0 Å². The Morgan fingerprint density at radius 1 is 1.13 bits per heavy atom. The van der Waals surface area contributed by atoms with E-state index in [1.54, 1.807) is 17.3 Å². The van der Waals surface area contributed by atoms with E-state index in [-0.39, 0.29) is 12.3 Å². The van der Waals surface area contributed by atoms with Crippen molar-refractivity contribution < 1.29 is 14.3 Å². The second kappa shape index (κ2) is 8.31. The number of amides is 1. The Kier molecular flexibility index (Phi) is 5.21. The third-order valence-corrected chi connectivity index (χ3v) is 5.38. The maximum Gasteiger partial charge on any atom is 0.237 e. The highest BCUT2D eigenvalue weighted by Crippen LogP contribution is 2.39. The van der Waals surface area contributed by atoms with E-state index in [4.69, 9.17) is 19.4 Å². The van der Waals surface area contributed by atoms with Gasteiger partial charge in [0.2, 0.25) is 17.7 Å². The Balaban J connectivity index is 1.55. The summed E-state index contributed by atoms with van der Waals surface area (Å²) in [6, 6.07) is 11.7. The minimum absolute atomic E-state index is 0.0414. The van der Waals surface area contributed by atoms with E-state index in [1.165, 1.54) is 0 Å². The molecule has 8 nitrogen and oxygen atoms in total. The molecule has 1 saturated heterocycles. The standard InChI is InChI=1S/C23H23N5O3/c1-16-4-2-6-18(12-16)28-20(29)13-19-21(28)25-23(27-8-10-30-11-9-27)26-22(19)31-15-17-5-3-7-24-14-17/h2-7,12,14H,8-11,13,15H2,1H3. The quantitative estimate of drug-likeness (QED) is 0.631. The van der Waals surface area contributed by atoms with Crippen LogP contribution in [0, 0.1) is 6.92 Å². The number of hydrogen-bond acceptors (Lipinski definition) is 7. The van der Waals surface area contributed by atoms with Crippen molar-refractivity contribution >= 4 is 23.4 Å². The van der Waals surface area contributed by atoms with E-state index in [1.807, 2.05) is 43.3 Å². The van der Waals surface area contributed by atoms with E-state index in [0.717, 1.165) is 16.8 Å². The molecule has 0 saturated carbocycles. The van der Waals surface area contributed by atoms with E-state index >= 15 is 0 Å². The van der Waals surface area contributed by atoms with Crippen LogP contribution >= 0.6 is 0 Å². The number of benzene rings is 1. The highest BCUT2D eigenvalue weighted by atomic mass is 16.5. The highest BCUT2D eigenvalue weighted by molar-refractivity contribution is 6.07. The first-order valence-corrected chi connectivity index (χ1v) is 10.3. The normalized spacial score (nSPS) is 15.8. The Morgan fingerprint density at radius 2 is 2.00 bits per heavy atom. The van der Waals surface area contributed by atoms with Crippen LogP contribution in [0.4, 0.5) is 17.5 Å². The predicted octanol–water partition coefficient (Wildman–Crippen LogP) is 2.82. The average molecular weight is 417 g/mol. The third kappa shape index (κ3) is 3.94. The molecule has 0 radical (unpaired) electrons. The van der Waals surface area contributed by atoms with Crippen molar-refractivity contribution in [2.24, 2.45) is 0 Å². The van der Waals surface area contributed by atoms with Crippen LogP contribution in [0.25, 0.3) is 0 Å². The fourth-order valence-electron chi connectivity index (χ4n) is 3.82. The molecule has 1 aromatic carbocycles. The number of nitrogens with zero attached hydrogens (tertiary/aromatic N) is 5. The molecule has 158 valence electrons. The van der Waals surface area contributed by atoms with Crippen LogP contribution in [0.3, 0.4) is 0 Å². The summed E-state index contributed by atoms with van der Waals surface area (Å²) in [6.45, 7) is 4.95. The van der Waals surface area contributed by atoms with Crippen molar-refractivity contribution in [3.63, 3.8) is 0 Å². The Morgan fingerprint density at radius 3 is 2.77 bits per heavy atom. The molecule has 31 heavy (non-hydrogen) atoms. The number of aromatic nitrogens is 3.